The van der Waals surface area contributed by atoms with Gasteiger partial charge in [0.15, 0.2) is 6.10 Å². The van der Waals surface area contributed by atoms with Crippen molar-refractivity contribution in [3.63, 3.8) is 0 Å². The molecule has 0 spiro atoms. The van der Waals surface area contributed by atoms with Gasteiger partial charge in [-0.25, -0.2) is 10.6 Å². The molecule has 7 N–H and O–H groups in total. The molecule has 0 saturated carbocycles. The molecule has 0 aromatic heterocycles. The van der Waals surface area contributed by atoms with E-state index >= 15 is 0 Å². The van der Waals surface area contributed by atoms with Crippen LogP contribution in [0.15, 0.2) is 18.2 Å². The maximum absolute atomic E-state index is 12.0. The second kappa shape index (κ2) is 9.42. The van der Waals surface area contributed by atoms with Crippen molar-refractivity contribution in [2.75, 3.05) is 24.2 Å². The molecule has 0 aliphatic carbocycles. The van der Waals surface area contributed by atoms with Crippen LogP contribution in [0, 0.1) is 0 Å². The highest BCUT2D eigenvalue weighted by molar-refractivity contribution is 5.96. The highest BCUT2D eigenvalue weighted by Crippen LogP contribution is 2.21. The summed E-state index contributed by atoms with van der Waals surface area (Å²) in [5.41, 5.74) is 5.98. The van der Waals surface area contributed by atoms with Gasteiger partial charge in [-0.3, -0.25) is 14.8 Å². The smallest absolute Gasteiger partial charge is 0.337 e. The summed E-state index contributed by atoms with van der Waals surface area (Å²) in [6.45, 7) is 0.513. The largest absolute Gasteiger partial charge is 0.428 e. The number of aliphatic hydroxyl groups excluding tert-OH is 1. The molecule has 25 heavy (non-hydrogen) atoms. The van der Waals surface area contributed by atoms with Crippen LogP contribution >= 0.6 is 0 Å². The molecule has 1 amide bonds. The van der Waals surface area contributed by atoms with E-state index in [0.29, 0.717) is 0 Å². The number of hydrazine groups is 1. The number of nitrogens with one attached hydrogen (secondary N) is 1. The maximum atomic E-state index is 12.0. The van der Waals surface area contributed by atoms with E-state index in [1.165, 1.54) is 18.2 Å². The van der Waals surface area contributed by atoms with E-state index in [-0.39, 0.29) is 35.1 Å². The zero-order valence-corrected chi connectivity index (χ0v) is 13.5. The molecular weight excluding hydrogens is 336 g/mol. The standard InChI is InChI=1S/C14H20N4O7/c1-8(19)24-7-25-14(22)12(20)4-5-17-13(21)9-2-3-10(15)11(6-9)18(16)23/h2-3,6,12,20,23H,4-5,7,15-16H2,1H3,(H,17,21). The van der Waals surface area contributed by atoms with Crippen LogP contribution < -0.4 is 22.1 Å². The average Bonchev–Trinajstić information content (AvgIpc) is 2.54. The first kappa shape index (κ1) is 20.2. The van der Waals surface area contributed by atoms with E-state index in [1.54, 1.807) is 0 Å². The molecule has 11 nitrogen and oxygen atoms in total. The SMILES string of the molecule is CC(=O)OCOC(=O)C(O)CCNC(=O)c1ccc(N)c(N(N)O)c1. The van der Waals surface area contributed by atoms with Crippen LogP contribution in [0.5, 0.6) is 0 Å². The Morgan fingerprint density at radius 2 is 2.00 bits per heavy atom. The summed E-state index contributed by atoms with van der Waals surface area (Å²) in [5.74, 6) is 3.04. The summed E-state index contributed by atoms with van der Waals surface area (Å²) < 4.78 is 8.90. The van der Waals surface area contributed by atoms with Crippen molar-refractivity contribution in [3.05, 3.63) is 23.8 Å². The molecule has 0 radical (unpaired) electrons. The minimum atomic E-state index is -1.49. The predicted octanol–water partition coefficient (Wildman–Crippen LogP) is -1.12. The second-order valence-corrected chi connectivity index (χ2v) is 4.90. The van der Waals surface area contributed by atoms with Gasteiger partial charge in [0.1, 0.15) is 5.69 Å². The highest BCUT2D eigenvalue weighted by atomic mass is 16.7. The fraction of sp³-hybridized carbons (Fsp3) is 0.357. The van der Waals surface area contributed by atoms with E-state index in [2.05, 4.69) is 14.8 Å². The van der Waals surface area contributed by atoms with Crippen molar-refractivity contribution in [1.29, 1.82) is 0 Å². The van der Waals surface area contributed by atoms with Crippen molar-refractivity contribution in [2.45, 2.75) is 19.4 Å². The molecule has 11 heteroatoms. The number of esters is 2. The van der Waals surface area contributed by atoms with Crippen LogP contribution in [-0.2, 0) is 19.1 Å². The Hall–Kier alpha value is -2.89. The third-order valence-electron chi connectivity index (χ3n) is 2.98. The van der Waals surface area contributed by atoms with Crippen LogP contribution in [0.4, 0.5) is 11.4 Å². The third kappa shape index (κ3) is 6.63. The van der Waals surface area contributed by atoms with Gasteiger partial charge >= 0.3 is 11.9 Å². The molecule has 1 aromatic carbocycles. The number of carbonyl (C=O) groups is 3. The Balaban J connectivity index is 2.45. The molecule has 1 aromatic rings. The first-order chi connectivity index (χ1) is 11.7. The number of anilines is 2. The van der Waals surface area contributed by atoms with Crippen LogP contribution in [0.25, 0.3) is 0 Å². The van der Waals surface area contributed by atoms with Gasteiger partial charge in [0.25, 0.3) is 5.91 Å². The molecule has 1 unspecified atom stereocenters. The van der Waals surface area contributed by atoms with Crippen molar-refractivity contribution in [1.82, 2.24) is 5.32 Å². The monoisotopic (exact) mass is 356 g/mol. The van der Waals surface area contributed by atoms with E-state index in [9.17, 15) is 24.7 Å². The van der Waals surface area contributed by atoms with Gasteiger partial charge in [-0.15, -0.1) is 0 Å². The number of nitrogens with zero attached hydrogens (tertiary/aromatic N) is 1. The predicted molar refractivity (Wildman–Crippen MR) is 85.0 cm³/mol. The topological polar surface area (TPSA) is 177 Å². The molecule has 1 rings (SSSR count). The maximum Gasteiger partial charge on any atom is 0.337 e. The summed E-state index contributed by atoms with van der Waals surface area (Å²) in [4.78, 5) is 33.9. The van der Waals surface area contributed by atoms with E-state index < -0.39 is 30.7 Å². The highest BCUT2D eigenvalue weighted by Gasteiger charge is 2.17. The van der Waals surface area contributed by atoms with Gasteiger partial charge in [-0.05, 0) is 18.2 Å². The van der Waals surface area contributed by atoms with Gasteiger partial charge in [0.2, 0.25) is 6.79 Å². The molecule has 0 fully saturated rings. The molecule has 0 aliphatic rings. The third-order valence-corrected chi connectivity index (χ3v) is 2.98. The van der Waals surface area contributed by atoms with Gasteiger partial charge in [-0.1, -0.05) is 0 Å². The summed E-state index contributed by atoms with van der Waals surface area (Å²) in [6.07, 6.45) is -1.61. The van der Waals surface area contributed by atoms with Crippen LogP contribution in [-0.4, -0.2) is 47.6 Å². The molecule has 138 valence electrons. The Kier molecular flexibility index (Phi) is 7.59. The molecule has 0 aliphatic heterocycles. The molecule has 0 saturated heterocycles. The van der Waals surface area contributed by atoms with E-state index in [1.807, 2.05) is 0 Å². The number of aliphatic hydroxyl groups is 1. The summed E-state index contributed by atoms with van der Waals surface area (Å²) in [7, 11) is 0. The fourth-order valence-corrected chi connectivity index (χ4v) is 1.69. The minimum absolute atomic E-state index is 0.0339. The number of nitrogen functional groups attached to an aromatic ring is 1. The Bertz CT molecular complexity index is 636. The lowest BCUT2D eigenvalue weighted by molar-refractivity contribution is -0.172. The first-order valence-corrected chi connectivity index (χ1v) is 7.12. The van der Waals surface area contributed by atoms with E-state index in [0.717, 1.165) is 6.92 Å². The van der Waals surface area contributed by atoms with Crippen LogP contribution in [0.2, 0.25) is 0 Å². The number of rotatable bonds is 8. The summed E-state index contributed by atoms with van der Waals surface area (Å²) >= 11 is 0. The quantitative estimate of drug-likeness (QED) is 0.126. The molecule has 0 bridgehead atoms. The number of ether oxygens (including phenoxy) is 2. The number of hydrogen-bond acceptors (Lipinski definition) is 10. The first-order valence-electron chi connectivity index (χ1n) is 7.12. The Morgan fingerprint density at radius 3 is 2.60 bits per heavy atom. The number of hydrogen-bond donors (Lipinski definition) is 5. The van der Waals surface area contributed by atoms with Crippen molar-refractivity contribution in [3.8, 4) is 0 Å². The number of benzene rings is 1. The van der Waals surface area contributed by atoms with Crippen LogP contribution in [0.1, 0.15) is 23.7 Å². The number of nitrogens with two attached hydrogens (primary N) is 2. The lowest BCUT2D eigenvalue weighted by Gasteiger charge is -2.14. The van der Waals surface area contributed by atoms with Gasteiger partial charge in [0.05, 0.1) is 5.69 Å². The number of amides is 1. The molecular formula is C14H20N4O7. The average molecular weight is 356 g/mol. The van der Waals surface area contributed by atoms with Crippen molar-refractivity contribution >= 4 is 29.2 Å². The summed E-state index contributed by atoms with van der Waals surface area (Å²) in [6, 6.07) is 4.08. The van der Waals surface area contributed by atoms with Crippen molar-refractivity contribution < 1.29 is 34.2 Å². The van der Waals surface area contributed by atoms with E-state index in [4.69, 9.17) is 11.6 Å². The molecule has 0 heterocycles. The normalized spacial score (nSPS) is 11.4. The lowest BCUT2D eigenvalue weighted by atomic mass is 10.1. The zero-order chi connectivity index (χ0) is 19.0. The van der Waals surface area contributed by atoms with Crippen molar-refractivity contribution in [2.24, 2.45) is 5.84 Å². The second-order valence-electron chi connectivity index (χ2n) is 4.90. The Morgan fingerprint density at radius 1 is 1.32 bits per heavy atom. The number of carbonyl (C=O) groups excluding carboxylic acids is 3. The fourth-order valence-electron chi connectivity index (χ4n) is 1.69. The van der Waals surface area contributed by atoms with Gasteiger partial charge in [0, 0.05) is 25.5 Å². The lowest BCUT2D eigenvalue weighted by Crippen LogP contribution is -2.32. The van der Waals surface area contributed by atoms with Gasteiger partial charge in [-0.2, -0.15) is 5.17 Å². The minimum Gasteiger partial charge on any atom is -0.428 e. The zero-order valence-electron chi connectivity index (χ0n) is 13.5. The van der Waals surface area contributed by atoms with Crippen LogP contribution in [0.3, 0.4) is 0 Å². The summed E-state index contributed by atoms with van der Waals surface area (Å²) in [5, 5.41) is 21.5. The Labute approximate surface area is 143 Å². The molecule has 1 atom stereocenters. The van der Waals surface area contributed by atoms with Gasteiger partial charge < -0.3 is 25.6 Å².